The molecule has 3 rings (SSSR count). The Labute approximate surface area is 122 Å². The van der Waals surface area contributed by atoms with Gasteiger partial charge in [-0.2, -0.15) is 5.10 Å². The first-order chi connectivity index (χ1) is 10.4. The van der Waals surface area contributed by atoms with Crippen LogP contribution in [0.25, 0.3) is 16.9 Å². The van der Waals surface area contributed by atoms with Crippen LogP contribution in [0.4, 0.5) is 0 Å². The predicted octanol–water partition coefficient (Wildman–Crippen LogP) is 1.55. The van der Waals surface area contributed by atoms with Gasteiger partial charge in [0.25, 0.3) is 0 Å². The molecule has 0 bridgehead atoms. The number of aromatic amines is 1. The molecule has 0 aliphatic rings. The number of aromatic nitrogens is 6. The highest BCUT2D eigenvalue weighted by Gasteiger charge is 2.06. The van der Waals surface area contributed by atoms with E-state index in [2.05, 4.69) is 44.0 Å². The van der Waals surface area contributed by atoms with Crippen molar-refractivity contribution in [3.05, 3.63) is 42.4 Å². The molecule has 0 spiro atoms. The number of hydrogen-bond acceptors (Lipinski definition) is 5. The van der Waals surface area contributed by atoms with Crippen LogP contribution in [0, 0.1) is 0 Å². The van der Waals surface area contributed by atoms with Crippen molar-refractivity contribution in [1.29, 1.82) is 0 Å². The second-order valence-electron chi connectivity index (χ2n) is 4.76. The van der Waals surface area contributed by atoms with Crippen molar-refractivity contribution in [2.24, 2.45) is 0 Å². The summed E-state index contributed by atoms with van der Waals surface area (Å²) in [6.45, 7) is 3.95. The Kier molecular flexibility index (Phi) is 4.02. The maximum absolute atomic E-state index is 4.36. The van der Waals surface area contributed by atoms with Crippen molar-refractivity contribution in [3.8, 4) is 16.9 Å². The van der Waals surface area contributed by atoms with Gasteiger partial charge in [0.15, 0.2) is 0 Å². The smallest absolute Gasteiger partial charge is 0.143 e. The standard InChI is InChI=1S/C14H17N7/c1-2-6-15-9-12-8-14(18-17-12)11-4-3-5-13(7-11)21-10-16-19-20-21/h3-5,7-8,10,15H,2,6,9H2,1H3,(H,17,18). The van der Waals surface area contributed by atoms with Crippen molar-refractivity contribution < 1.29 is 0 Å². The topological polar surface area (TPSA) is 84.3 Å². The molecule has 21 heavy (non-hydrogen) atoms. The minimum absolute atomic E-state index is 0.799. The van der Waals surface area contributed by atoms with Gasteiger partial charge in [-0.05, 0) is 41.6 Å². The second-order valence-corrected chi connectivity index (χ2v) is 4.76. The third-order valence-electron chi connectivity index (χ3n) is 3.13. The van der Waals surface area contributed by atoms with Crippen LogP contribution in [0.5, 0.6) is 0 Å². The minimum Gasteiger partial charge on any atom is -0.311 e. The molecule has 0 saturated heterocycles. The Bertz CT molecular complexity index is 687. The summed E-state index contributed by atoms with van der Waals surface area (Å²) in [5.74, 6) is 0. The lowest BCUT2D eigenvalue weighted by Gasteiger charge is -2.01. The number of rotatable bonds is 6. The SMILES string of the molecule is CCCNCc1cc(-c2cccc(-n3cnnn3)c2)n[nH]1. The molecule has 7 heteroatoms. The van der Waals surface area contributed by atoms with E-state index in [1.165, 1.54) is 0 Å². The molecule has 0 unspecified atom stereocenters. The van der Waals surface area contributed by atoms with Crippen LogP contribution < -0.4 is 5.32 Å². The number of hydrogen-bond donors (Lipinski definition) is 2. The van der Waals surface area contributed by atoms with E-state index in [0.717, 1.165) is 42.1 Å². The van der Waals surface area contributed by atoms with Gasteiger partial charge in [-0.15, -0.1) is 5.10 Å². The Morgan fingerprint density at radius 3 is 3.05 bits per heavy atom. The summed E-state index contributed by atoms with van der Waals surface area (Å²) in [4.78, 5) is 0. The summed E-state index contributed by atoms with van der Waals surface area (Å²) in [5.41, 5.74) is 3.93. The van der Waals surface area contributed by atoms with E-state index < -0.39 is 0 Å². The number of benzene rings is 1. The molecular weight excluding hydrogens is 266 g/mol. The van der Waals surface area contributed by atoms with E-state index in [1.54, 1.807) is 11.0 Å². The highest BCUT2D eigenvalue weighted by Crippen LogP contribution is 2.20. The third kappa shape index (κ3) is 3.14. The van der Waals surface area contributed by atoms with Crippen molar-refractivity contribution in [2.75, 3.05) is 6.54 Å². The molecule has 0 amide bonds. The van der Waals surface area contributed by atoms with Gasteiger partial charge >= 0.3 is 0 Å². The van der Waals surface area contributed by atoms with E-state index in [9.17, 15) is 0 Å². The van der Waals surface area contributed by atoms with Crippen molar-refractivity contribution in [1.82, 2.24) is 35.7 Å². The van der Waals surface area contributed by atoms with Crippen LogP contribution in [0.15, 0.2) is 36.7 Å². The van der Waals surface area contributed by atoms with Crippen LogP contribution in [-0.4, -0.2) is 36.9 Å². The average Bonchev–Trinajstić information content (AvgIpc) is 3.20. The van der Waals surface area contributed by atoms with Crippen molar-refractivity contribution in [2.45, 2.75) is 19.9 Å². The molecule has 2 N–H and O–H groups in total. The summed E-state index contributed by atoms with van der Waals surface area (Å²) in [5, 5.41) is 22.0. The summed E-state index contributed by atoms with van der Waals surface area (Å²) in [6, 6.07) is 10.0. The molecule has 1 aromatic carbocycles. The van der Waals surface area contributed by atoms with Crippen molar-refractivity contribution >= 4 is 0 Å². The minimum atomic E-state index is 0.799. The predicted molar refractivity (Wildman–Crippen MR) is 78.7 cm³/mol. The lowest BCUT2D eigenvalue weighted by atomic mass is 10.1. The van der Waals surface area contributed by atoms with Gasteiger partial charge in [0, 0.05) is 17.8 Å². The van der Waals surface area contributed by atoms with E-state index in [4.69, 9.17) is 0 Å². The molecule has 0 atom stereocenters. The van der Waals surface area contributed by atoms with Gasteiger partial charge in [-0.1, -0.05) is 19.1 Å². The van der Waals surface area contributed by atoms with Gasteiger partial charge in [-0.25, -0.2) is 4.68 Å². The maximum Gasteiger partial charge on any atom is 0.143 e. The van der Waals surface area contributed by atoms with E-state index in [1.807, 2.05) is 24.3 Å². The largest absolute Gasteiger partial charge is 0.311 e. The molecule has 2 aromatic heterocycles. The molecule has 0 aliphatic carbocycles. The summed E-state index contributed by atoms with van der Waals surface area (Å²) >= 11 is 0. The lowest BCUT2D eigenvalue weighted by Crippen LogP contribution is -2.13. The number of nitrogens with zero attached hydrogens (tertiary/aromatic N) is 5. The maximum atomic E-state index is 4.36. The summed E-state index contributed by atoms with van der Waals surface area (Å²) < 4.78 is 1.62. The summed E-state index contributed by atoms with van der Waals surface area (Å²) in [6.07, 6.45) is 2.69. The first-order valence-corrected chi connectivity index (χ1v) is 6.95. The van der Waals surface area contributed by atoms with Gasteiger partial charge < -0.3 is 5.32 Å². The van der Waals surface area contributed by atoms with Crippen LogP contribution >= 0.6 is 0 Å². The normalized spacial score (nSPS) is 10.9. The van der Waals surface area contributed by atoms with Crippen LogP contribution in [0.3, 0.4) is 0 Å². The molecule has 108 valence electrons. The molecule has 0 radical (unpaired) electrons. The zero-order valence-corrected chi connectivity index (χ0v) is 11.8. The fourth-order valence-corrected chi connectivity index (χ4v) is 2.09. The Balaban J connectivity index is 1.79. The fraction of sp³-hybridized carbons (Fsp3) is 0.286. The Hall–Kier alpha value is -2.54. The van der Waals surface area contributed by atoms with Gasteiger partial charge in [0.05, 0.1) is 11.4 Å². The first-order valence-electron chi connectivity index (χ1n) is 6.95. The van der Waals surface area contributed by atoms with Gasteiger partial charge in [-0.3, -0.25) is 5.10 Å². The van der Waals surface area contributed by atoms with Gasteiger partial charge in [0.2, 0.25) is 0 Å². The Morgan fingerprint density at radius 1 is 1.29 bits per heavy atom. The molecular formula is C14H17N7. The first kappa shape index (κ1) is 13.4. The van der Waals surface area contributed by atoms with E-state index >= 15 is 0 Å². The Morgan fingerprint density at radius 2 is 2.24 bits per heavy atom. The highest BCUT2D eigenvalue weighted by atomic mass is 15.5. The lowest BCUT2D eigenvalue weighted by molar-refractivity contribution is 0.662. The summed E-state index contributed by atoms with van der Waals surface area (Å²) in [7, 11) is 0. The molecule has 0 aliphatic heterocycles. The van der Waals surface area contributed by atoms with E-state index in [0.29, 0.717) is 0 Å². The van der Waals surface area contributed by atoms with Gasteiger partial charge in [0.1, 0.15) is 6.33 Å². The highest BCUT2D eigenvalue weighted by molar-refractivity contribution is 5.62. The third-order valence-corrected chi connectivity index (χ3v) is 3.13. The van der Waals surface area contributed by atoms with Crippen molar-refractivity contribution in [3.63, 3.8) is 0 Å². The molecule has 0 saturated carbocycles. The second kappa shape index (κ2) is 6.27. The fourth-order valence-electron chi connectivity index (χ4n) is 2.09. The number of tetrazole rings is 1. The van der Waals surface area contributed by atoms with E-state index in [-0.39, 0.29) is 0 Å². The number of H-pyrrole nitrogens is 1. The number of nitrogens with one attached hydrogen (secondary N) is 2. The average molecular weight is 283 g/mol. The molecule has 0 fully saturated rings. The zero-order valence-electron chi connectivity index (χ0n) is 11.8. The monoisotopic (exact) mass is 283 g/mol. The van der Waals surface area contributed by atoms with Crippen LogP contribution in [-0.2, 0) is 6.54 Å². The molecule has 2 heterocycles. The molecule has 3 aromatic rings. The quantitative estimate of drug-likeness (QED) is 0.671. The van der Waals surface area contributed by atoms with Crippen LogP contribution in [0.2, 0.25) is 0 Å². The zero-order chi connectivity index (χ0) is 14.5. The van der Waals surface area contributed by atoms with Crippen LogP contribution in [0.1, 0.15) is 19.0 Å². The molecule has 7 nitrogen and oxygen atoms in total.